The zero-order chi connectivity index (χ0) is 35.5. The summed E-state index contributed by atoms with van der Waals surface area (Å²) in [6, 6.07) is 27.1. The van der Waals surface area contributed by atoms with Gasteiger partial charge in [0.25, 0.3) is 0 Å². The topological polar surface area (TPSA) is 12.5 Å². The standard InChI is InChI=1S/C44H56N4S2/c1-9-45(10-2)41-29-25-33(49-41)23-27-39-43(5,6)35-19-13-15-21-37(35)47(39)31-17-18-32-48-38-22-16-14-20-36(38)44(7,8)40(48)28-24-34-26-30-42(50-34)46(11-3)12-4/h13-16,19-30H,9-12,17-18,31-32H2,1-8H3/q+2. The molecule has 0 bridgehead atoms. The largest absolute Gasteiger partial charge is 0.364 e. The van der Waals surface area contributed by atoms with Crippen LogP contribution >= 0.6 is 22.7 Å². The summed E-state index contributed by atoms with van der Waals surface area (Å²) >= 11 is 3.78. The molecular formula is C44H56N4S2+2. The quantitative estimate of drug-likeness (QED) is 0.0902. The number of hydrogen-bond donors (Lipinski definition) is 0. The molecule has 2 aromatic carbocycles. The predicted octanol–water partition coefficient (Wildman–Crippen LogP) is 11.2. The molecule has 4 aromatic rings. The van der Waals surface area contributed by atoms with E-state index in [9.17, 15) is 0 Å². The molecule has 0 aliphatic carbocycles. The predicted molar refractivity (Wildman–Crippen MR) is 222 cm³/mol. The van der Waals surface area contributed by atoms with Crippen LogP contribution in [0.25, 0.3) is 12.2 Å². The van der Waals surface area contributed by atoms with Gasteiger partial charge < -0.3 is 9.80 Å². The molecule has 50 heavy (non-hydrogen) atoms. The molecule has 0 saturated carbocycles. The minimum atomic E-state index is -0.0529. The molecule has 0 amide bonds. The van der Waals surface area contributed by atoms with Gasteiger partial charge in [-0.25, -0.2) is 0 Å². The Bertz CT molecular complexity index is 1780. The Labute approximate surface area is 309 Å². The second-order valence-corrected chi connectivity index (χ2v) is 16.6. The number of fused-ring (bicyclic) bond motifs is 2. The smallest absolute Gasteiger partial charge is 0.209 e. The Hall–Kier alpha value is -3.74. The van der Waals surface area contributed by atoms with Crippen molar-refractivity contribution >= 4 is 67.6 Å². The SMILES string of the molecule is CCN(CC)c1ccc(/C=C/C2=[N+](CCCC[N+]3=C(/C=C/c4ccc(N(CC)CC)s4)C(C)(C)c4ccccc43)c3ccccc3C2(C)C)s1. The van der Waals surface area contributed by atoms with E-state index in [1.807, 2.05) is 22.7 Å². The first kappa shape index (κ1) is 36.1. The molecular weight excluding hydrogens is 649 g/mol. The number of unbranched alkanes of at least 4 members (excludes halogenated alkanes) is 1. The summed E-state index contributed by atoms with van der Waals surface area (Å²) < 4.78 is 5.20. The number of benzene rings is 2. The normalized spacial score (nSPS) is 16.2. The van der Waals surface area contributed by atoms with Crippen molar-refractivity contribution in [1.29, 1.82) is 0 Å². The molecule has 0 spiro atoms. The number of hydrogen-bond acceptors (Lipinski definition) is 4. The Kier molecular flexibility index (Phi) is 11.0. The summed E-state index contributed by atoms with van der Waals surface area (Å²) in [5.41, 5.74) is 8.22. The van der Waals surface area contributed by atoms with Crippen molar-refractivity contribution in [1.82, 2.24) is 0 Å². The molecule has 6 rings (SSSR count). The second kappa shape index (κ2) is 15.2. The maximum atomic E-state index is 2.60. The van der Waals surface area contributed by atoms with Gasteiger partial charge >= 0.3 is 0 Å². The van der Waals surface area contributed by atoms with E-state index in [1.54, 1.807) is 0 Å². The average molecular weight is 705 g/mol. The van der Waals surface area contributed by atoms with Crippen LogP contribution in [0.3, 0.4) is 0 Å². The van der Waals surface area contributed by atoms with Crippen LogP contribution < -0.4 is 9.80 Å². The molecule has 2 aliphatic rings. The van der Waals surface area contributed by atoms with Crippen LogP contribution in [0.15, 0.2) is 84.9 Å². The summed E-state index contributed by atoms with van der Waals surface area (Å²) in [5, 5.41) is 2.70. The highest BCUT2D eigenvalue weighted by molar-refractivity contribution is 7.17. The third-order valence-corrected chi connectivity index (χ3v) is 13.0. The number of anilines is 2. The Morgan fingerprint density at radius 3 is 1.28 bits per heavy atom. The van der Waals surface area contributed by atoms with Gasteiger partial charge in [0.05, 0.1) is 20.8 Å². The summed E-state index contributed by atoms with van der Waals surface area (Å²) in [7, 11) is 0. The van der Waals surface area contributed by atoms with Gasteiger partial charge in [0.1, 0.15) is 13.1 Å². The molecule has 262 valence electrons. The van der Waals surface area contributed by atoms with E-state index >= 15 is 0 Å². The van der Waals surface area contributed by atoms with E-state index in [-0.39, 0.29) is 10.8 Å². The number of allylic oxidation sites excluding steroid dienone is 2. The zero-order valence-electron chi connectivity index (χ0n) is 31.5. The number of thiophene rings is 2. The average Bonchev–Trinajstić information content (AvgIpc) is 3.87. The first-order chi connectivity index (χ1) is 24.1. The fourth-order valence-electron chi connectivity index (χ4n) is 7.90. The van der Waals surface area contributed by atoms with E-state index in [0.29, 0.717) is 0 Å². The molecule has 0 unspecified atom stereocenters. The summed E-state index contributed by atoms with van der Waals surface area (Å²) in [4.78, 5) is 7.48. The van der Waals surface area contributed by atoms with Crippen LogP contribution in [0.1, 0.15) is 89.1 Å². The Morgan fingerprint density at radius 2 is 0.900 bits per heavy atom. The lowest BCUT2D eigenvalue weighted by Crippen LogP contribution is -2.28. The number of nitrogens with zero attached hydrogens (tertiary/aromatic N) is 4. The molecule has 4 nitrogen and oxygen atoms in total. The first-order valence-corrected chi connectivity index (χ1v) is 20.3. The number of para-hydroxylation sites is 2. The second-order valence-electron chi connectivity index (χ2n) is 14.4. The van der Waals surface area contributed by atoms with E-state index in [4.69, 9.17) is 0 Å². The molecule has 2 aliphatic heterocycles. The van der Waals surface area contributed by atoms with Crippen molar-refractivity contribution in [2.45, 2.75) is 79.1 Å². The highest BCUT2D eigenvalue weighted by atomic mass is 32.1. The van der Waals surface area contributed by atoms with Crippen LogP contribution in [0.2, 0.25) is 0 Å². The van der Waals surface area contributed by atoms with Gasteiger partial charge in [0.2, 0.25) is 11.4 Å². The first-order valence-electron chi connectivity index (χ1n) is 18.7. The molecule has 0 radical (unpaired) electrons. The minimum Gasteiger partial charge on any atom is -0.364 e. The maximum Gasteiger partial charge on any atom is 0.209 e. The fraction of sp³-hybridized carbons (Fsp3) is 0.409. The van der Waals surface area contributed by atoms with Crippen LogP contribution in [-0.2, 0) is 10.8 Å². The fourth-order valence-corrected chi connectivity index (χ4v) is 9.97. The Morgan fingerprint density at radius 1 is 0.520 bits per heavy atom. The van der Waals surface area contributed by atoms with Crippen LogP contribution in [-0.4, -0.2) is 59.8 Å². The monoisotopic (exact) mass is 704 g/mol. The third-order valence-electron chi connectivity index (χ3n) is 10.8. The zero-order valence-corrected chi connectivity index (χ0v) is 33.1. The lowest BCUT2D eigenvalue weighted by atomic mass is 9.81. The van der Waals surface area contributed by atoms with Crippen molar-refractivity contribution in [3.63, 3.8) is 0 Å². The highest BCUT2D eigenvalue weighted by Crippen LogP contribution is 2.42. The van der Waals surface area contributed by atoms with Gasteiger partial charge in [-0.2, -0.15) is 9.15 Å². The van der Waals surface area contributed by atoms with Crippen molar-refractivity contribution < 1.29 is 9.15 Å². The van der Waals surface area contributed by atoms with Gasteiger partial charge in [0, 0.05) is 84.2 Å². The van der Waals surface area contributed by atoms with Crippen LogP contribution in [0.5, 0.6) is 0 Å². The van der Waals surface area contributed by atoms with Crippen molar-refractivity contribution in [2.75, 3.05) is 49.1 Å². The van der Waals surface area contributed by atoms with E-state index < -0.39 is 0 Å². The molecule has 0 fully saturated rings. The summed E-state index contributed by atoms with van der Waals surface area (Å²) in [6.07, 6.45) is 11.7. The van der Waals surface area contributed by atoms with Crippen molar-refractivity contribution in [3.8, 4) is 0 Å². The van der Waals surface area contributed by atoms with Crippen molar-refractivity contribution in [2.24, 2.45) is 0 Å². The van der Waals surface area contributed by atoms with Gasteiger partial charge in [-0.15, -0.1) is 22.7 Å². The van der Waals surface area contributed by atoms with E-state index in [0.717, 1.165) is 52.1 Å². The molecule has 0 saturated heterocycles. The molecule has 2 aromatic heterocycles. The van der Waals surface area contributed by atoms with Crippen LogP contribution in [0.4, 0.5) is 21.4 Å². The summed E-state index contributed by atoms with van der Waals surface area (Å²) in [5.74, 6) is 0. The molecule has 0 N–H and O–H groups in total. The lowest BCUT2D eigenvalue weighted by molar-refractivity contribution is -0.451. The molecule has 6 heteroatoms. The van der Waals surface area contributed by atoms with Gasteiger partial charge in [-0.3, -0.25) is 0 Å². The third kappa shape index (κ3) is 6.94. The van der Waals surface area contributed by atoms with E-state index in [2.05, 4.69) is 171 Å². The van der Waals surface area contributed by atoms with E-state index in [1.165, 1.54) is 53.7 Å². The molecule has 4 heterocycles. The summed E-state index contributed by atoms with van der Waals surface area (Å²) in [6.45, 7) is 24.6. The molecule has 0 atom stereocenters. The minimum absolute atomic E-state index is 0.0529. The lowest BCUT2D eigenvalue weighted by Gasteiger charge is -2.17. The van der Waals surface area contributed by atoms with Gasteiger partial charge in [0.15, 0.2) is 11.4 Å². The maximum absolute atomic E-state index is 2.60. The Balaban J connectivity index is 1.24. The van der Waals surface area contributed by atoms with Crippen LogP contribution in [0, 0.1) is 0 Å². The highest BCUT2D eigenvalue weighted by Gasteiger charge is 2.45. The number of rotatable bonds is 15. The van der Waals surface area contributed by atoms with Gasteiger partial charge in [-0.05, 0) is 91.8 Å². The van der Waals surface area contributed by atoms with Crippen molar-refractivity contribution in [3.05, 3.63) is 106 Å². The van der Waals surface area contributed by atoms with Gasteiger partial charge in [-0.1, -0.05) is 36.4 Å².